The Labute approximate surface area is 180 Å². The van der Waals surface area contributed by atoms with Gasteiger partial charge in [0.1, 0.15) is 11.3 Å². The zero-order valence-corrected chi connectivity index (χ0v) is 19.3. The second-order valence-electron chi connectivity index (χ2n) is 9.76. The van der Waals surface area contributed by atoms with E-state index in [0.717, 1.165) is 37.4 Å². The number of ether oxygens (including phenoxy) is 2. The number of fused-ring (bicyclic) bond motifs is 2. The van der Waals surface area contributed by atoms with Gasteiger partial charge in [0.2, 0.25) is 0 Å². The molecule has 2 aliphatic heterocycles. The summed E-state index contributed by atoms with van der Waals surface area (Å²) in [6, 6.07) is 0. The highest BCUT2D eigenvalue weighted by Crippen LogP contribution is 2.47. The molecule has 0 spiro atoms. The van der Waals surface area contributed by atoms with E-state index in [2.05, 4.69) is 24.8 Å². The normalized spacial score (nSPS) is 26.3. The van der Waals surface area contributed by atoms with Gasteiger partial charge in [0.05, 0.1) is 14.2 Å². The van der Waals surface area contributed by atoms with Crippen molar-refractivity contribution in [2.75, 3.05) is 27.3 Å². The van der Waals surface area contributed by atoms with E-state index in [1.54, 1.807) is 14.2 Å². The Balaban J connectivity index is 2.05. The van der Waals surface area contributed by atoms with Crippen molar-refractivity contribution in [1.82, 2.24) is 4.90 Å². The smallest absolute Gasteiger partial charge is 0.324 e. The molecule has 3 rings (SSSR count). The number of carboxylic acid groups (broad SMARTS) is 1. The Hall–Kier alpha value is -1.95. The summed E-state index contributed by atoms with van der Waals surface area (Å²) in [5.74, 6) is 1.24. The van der Waals surface area contributed by atoms with Crippen LogP contribution in [0.2, 0.25) is 0 Å². The summed E-state index contributed by atoms with van der Waals surface area (Å²) >= 11 is 0. The van der Waals surface area contributed by atoms with Crippen LogP contribution in [0.1, 0.15) is 53.4 Å². The Morgan fingerprint density at radius 2 is 2.00 bits per heavy atom. The van der Waals surface area contributed by atoms with E-state index >= 15 is 0 Å². The number of hydrogen-bond acceptors (Lipinski definition) is 5. The van der Waals surface area contributed by atoms with Crippen LogP contribution in [-0.4, -0.2) is 48.8 Å². The van der Waals surface area contributed by atoms with Crippen LogP contribution in [0.5, 0.6) is 0 Å². The molecule has 3 atom stereocenters. The fraction of sp³-hybridized carbons (Fsp3) is 0.708. The molecule has 0 aromatic carbocycles. The minimum atomic E-state index is -1.24. The second kappa shape index (κ2) is 8.66. The van der Waals surface area contributed by atoms with Gasteiger partial charge in [-0.1, -0.05) is 27.7 Å². The van der Waals surface area contributed by atoms with Gasteiger partial charge in [0.15, 0.2) is 5.76 Å². The molecule has 30 heavy (non-hydrogen) atoms. The standard InChI is InChI=1S/C24H38N2O4/c1-14(2)9-17-13-26-8-7-16-10-21(29-5)22(30-6)11-18(16)20(26)12-19(17)24(25,15(3)4)23(27)28/h10,14-15,17,19H,7-9,11-13,25H2,1-6H3,(H,27,28). The molecule has 3 aliphatic rings. The number of nitrogens with zero attached hydrogens (tertiary/aromatic N) is 1. The maximum absolute atomic E-state index is 12.4. The van der Waals surface area contributed by atoms with Gasteiger partial charge in [-0.05, 0) is 60.2 Å². The first-order valence-corrected chi connectivity index (χ1v) is 11.1. The molecule has 6 heteroatoms. The fourth-order valence-corrected chi connectivity index (χ4v) is 5.60. The average Bonchev–Trinajstić information content (AvgIpc) is 2.70. The molecule has 168 valence electrons. The van der Waals surface area contributed by atoms with Crippen molar-refractivity contribution in [3.63, 3.8) is 0 Å². The van der Waals surface area contributed by atoms with Crippen molar-refractivity contribution in [2.24, 2.45) is 29.4 Å². The number of allylic oxidation sites excluding steroid dienone is 3. The van der Waals surface area contributed by atoms with E-state index < -0.39 is 11.5 Å². The molecule has 0 aromatic rings. The van der Waals surface area contributed by atoms with Gasteiger partial charge in [0, 0.05) is 25.2 Å². The quantitative estimate of drug-likeness (QED) is 0.652. The van der Waals surface area contributed by atoms with E-state index in [1.165, 1.54) is 16.8 Å². The minimum absolute atomic E-state index is 0.103. The van der Waals surface area contributed by atoms with Crippen LogP contribution in [0, 0.1) is 23.7 Å². The summed E-state index contributed by atoms with van der Waals surface area (Å²) in [5, 5.41) is 10.2. The van der Waals surface area contributed by atoms with Crippen LogP contribution >= 0.6 is 0 Å². The van der Waals surface area contributed by atoms with Crippen LogP contribution in [0.15, 0.2) is 34.4 Å². The number of carbonyl (C=O) groups is 1. The molecular weight excluding hydrogens is 380 g/mol. The number of aliphatic carboxylic acids is 1. The van der Waals surface area contributed by atoms with Crippen molar-refractivity contribution in [3.05, 3.63) is 34.4 Å². The molecule has 1 aliphatic carbocycles. The van der Waals surface area contributed by atoms with Gasteiger partial charge in [-0.15, -0.1) is 0 Å². The van der Waals surface area contributed by atoms with Crippen LogP contribution in [0.4, 0.5) is 0 Å². The number of carboxylic acids is 1. The number of hydrogen-bond donors (Lipinski definition) is 2. The number of nitrogens with two attached hydrogens (primary N) is 1. The number of rotatable bonds is 7. The Morgan fingerprint density at radius 3 is 2.53 bits per heavy atom. The van der Waals surface area contributed by atoms with Crippen LogP contribution in [0.25, 0.3) is 0 Å². The van der Waals surface area contributed by atoms with Crippen molar-refractivity contribution < 1.29 is 19.4 Å². The van der Waals surface area contributed by atoms with E-state index in [9.17, 15) is 9.90 Å². The van der Waals surface area contributed by atoms with Gasteiger partial charge in [-0.25, -0.2) is 0 Å². The van der Waals surface area contributed by atoms with Crippen LogP contribution in [-0.2, 0) is 14.3 Å². The zero-order valence-electron chi connectivity index (χ0n) is 19.3. The molecule has 3 N–H and O–H groups in total. The molecule has 3 unspecified atom stereocenters. The van der Waals surface area contributed by atoms with Crippen molar-refractivity contribution in [3.8, 4) is 0 Å². The first-order chi connectivity index (χ1) is 14.1. The maximum Gasteiger partial charge on any atom is 0.324 e. The van der Waals surface area contributed by atoms with Gasteiger partial charge in [-0.3, -0.25) is 4.79 Å². The van der Waals surface area contributed by atoms with Gasteiger partial charge >= 0.3 is 5.97 Å². The summed E-state index contributed by atoms with van der Waals surface area (Å²) in [5.41, 5.74) is 9.25. The first-order valence-electron chi connectivity index (χ1n) is 11.1. The summed E-state index contributed by atoms with van der Waals surface area (Å²) in [4.78, 5) is 14.9. The third-order valence-corrected chi connectivity index (χ3v) is 7.30. The lowest BCUT2D eigenvalue weighted by molar-refractivity contribution is -0.150. The van der Waals surface area contributed by atoms with Gasteiger partial charge in [0.25, 0.3) is 0 Å². The molecule has 1 fully saturated rings. The molecule has 6 nitrogen and oxygen atoms in total. The molecule has 0 saturated carbocycles. The summed E-state index contributed by atoms with van der Waals surface area (Å²) < 4.78 is 11.1. The second-order valence-corrected chi connectivity index (χ2v) is 9.76. The van der Waals surface area contributed by atoms with E-state index in [-0.39, 0.29) is 17.8 Å². The molecule has 0 aromatic heterocycles. The maximum atomic E-state index is 12.4. The number of methoxy groups -OCH3 is 2. The van der Waals surface area contributed by atoms with E-state index in [0.29, 0.717) is 18.8 Å². The molecule has 0 bridgehead atoms. The van der Waals surface area contributed by atoms with E-state index in [4.69, 9.17) is 15.2 Å². The highest BCUT2D eigenvalue weighted by atomic mass is 16.5. The molecule has 1 saturated heterocycles. The molecule has 0 amide bonds. The monoisotopic (exact) mass is 418 g/mol. The Morgan fingerprint density at radius 1 is 1.30 bits per heavy atom. The first kappa shape index (κ1) is 22.7. The molecule has 2 heterocycles. The molecule has 0 radical (unpaired) electrons. The lowest BCUT2D eigenvalue weighted by Gasteiger charge is -2.51. The van der Waals surface area contributed by atoms with Gasteiger partial charge < -0.3 is 25.2 Å². The van der Waals surface area contributed by atoms with Crippen LogP contribution < -0.4 is 5.73 Å². The molecular formula is C24H38N2O4. The Bertz CT molecular complexity index is 780. The van der Waals surface area contributed by atoms with Crippen molar-refractivity contribution in [1.29, 1.82) is 0 Å². The highest BCUT2D eigenvalue weighted by molar-refractivity contribution is 5.79. The highest BCUT2D eigenvalue weighted by Gasteiger charge is 2.51. The van der Waals surface area contributed by atoms with Gasteiger partial charge in [-0.2, -0.15) is 0 Å². The third-order valence-electron chi connectivity index (χ3n) is 7.30. The number of piperidine rings is 1. The van der Waals surface area contributed by atoms with Crippen molar-refractivity contribution >= 4 is 5.97 Å². The van der Waals surface area contributed by atoms with Crippen LogP contribution in [0.3, 0.4) is 0 Å². The zero-order chi connectivity index (χ0) is 22.2. The largest absolute Gasteiger partial charge is 0.497 e. The topological polar surface area (TPSA) is 85.0 Å². The SMILES string of the molecule is COC1=C(OC)CC2=C3CC(C(N)(C(=O)O)C(C)C)C(CC(C)C)CN3CCC2=C1. The summed E-state index contributed by atoms with van der Waals surface area (Å²) in [6.45, 7) is 10.1. The predicted molar refractivity (Wildman–Crippen MR) is 117 cm³/mol. The Kier molecular flexibility index (Phi) is 6.56. The van der Waals surface area contributed by atoms with E-state index in [1.807, 2.05) is 13.8 Å². The lowest BCUT2D eigenvalue weighted by atomic mass is 9.63. The summed E-state index contributed by atoms with van der Waals surface area (Å²) in [6.07, 6.45) is 5.43. The predicted octanol–water partition coefficient (Wildman–Crippen LogP) is 3.90. The minimum Gasteiger partial charge on any atom is -0.497 e. The average molecular weight is 419 g/mol. The third kappa shape index (κ3) is 3.86. The van der Waals surface area contributed by atoms with Crippen molar-refractivity contribution in [2.45, 2.75) is 58.9 Å². The fourth-order valence-electron chi connectivity index (χ4n) is 5.60. The summed E-state index contributed by atoms with van der Waals surface area (Å²) in [7, 11) is 3.35. The lowest BCUT2D eigenvalue weighted by Crippen LogP contribution is -2.63.